The van der Waals surface area contributed by atoms with Gasteiger partial charge in [0.15, 0.2) is 5.82 Å². The minimum Gasteiger partial charge on any atom is -0.338 e. The van der Waals surface area contributed by atoms with Crippen LogP contribution in [0, 0.1) is 6.92 Å². The Hall–Kier alpha value is -3.43. The topological polar surface area (TPSA) is 92.9 Å². The summed E-state index contributed by atoms with van der Waals surface area (Å²) in [5.74, 6) is 1.64. The van der Waals surface area contributed by atoms with Crippen molar-refractivity contribution in [2.24, 2.45) is 0 Å². The highest BCUT2D eigenvalue weighted by Crippen LogP contribution is 2.34. The number of hydrogen-bond donors (Lipinski definition) is 0. The van der Waals surface area contributed by atoms with Gasteiger partial charge in [-0.15, -0.1) is 0 Å². The molecule has 2 atom stereocenters. The summed E-state index contributed by atoms with van der Waals surface area (Å²) in [6, 6.07) is -0.432. The Balaban J connectivity index is 1.30. The highest BCUT2D eigenvalue weighted by Gasteiger charge is 2.44. The maximum Gasteiger partial charge on any atom is 0.274 e. The molecule has 4 heterocycles. The number of amides is 1. The summed E-state index contributed by atoms with van der Waals surface area (Å²) < 4.78 is 17.2. The average Bonchev–Trinajstić information content (AvgIpc) is 3.59. The summed E-state index contributed by atoms with van der Waals surface area (Å²) in [6.45, 7) is 4.67. The number of anilines is 1. The van der Waals surface area contributed by atoms with Crippen LogP contribution in [0.1, 0.15) is 48.1 Å². The van der Waals surface area contributed by atoms with E-state index in [0.717, 1.165) is 30.7 Å². The summed E-state index contributed by atoms with van der Waals surface area (Å²) in [7, 11) is 0. The number of hydrogen-bond acceptors (Lipinski definition) is 7. The van der Waals surface area contributed by atoms with Crippen LogP contribution in [0.4, 0.5) is 10.3 Å². The second-order valence-electron chi connectivity index (χ2n) is 8.61. The van der Waals surface area contributed by atoms with Crippen molar-refractivity contribution in [1.82, 2.24) is 34.4 Å². The van der Waals surface area contributed by atoms with Crippen molar-refractivity contribution in [2.45, 2.75) is 57.8 Å². The molecule has 5 rings (SSSR count). The molecule has 9 nitrogen and oxygen atoms in total. The summed E-state index contributed by atoms with van der Waals surface area (Å²) >= 11 is 0. The first-order valence-corrected chi connectivity index (χ1v) is 11.4. The van der Waals surface area contributed by atoms with Gasteiger partial charge in [-0.2, -0.15) is 0 Å². The lowest BCUT2D eigenvalue weighted by Gasteiger charge is -2.40. The average molecular weight is 451 g/mol. The van der Waals surface area contributed by atoms with Gasteiger partial charge >= 0.3 is 0 Å². The minimum atomic E-state index is -1.20. The standard InChI is InChI=1S/C23H27FN8O/c1-3-16-10-28-23(29-11-16)30-8-6-20(18(24)14-30)32(17-4-5-17)22(33)19-12-27-21(13-26-19)31-9-7-25-15(31)2/h7,9-13,17-18,20H,3-6,8,14H2,1-2H3/t18-,20+/m0/s1. The van der Waals surface area contributed by atoms with Gasteiger partial charge in [0.05, 0.1) is 25.0 Å². The van der Waals surface area contributed by atoms with Gasteiger partial charge in [-0.3, -0.25) is 9.36 Å². The van der Waals surface area contributed by atoms with Crippen molar-refractivity contribution in [2.75, 3.05) is 18.0 Å². The first-order valence-electron chi connectivity index (χ1n) is 11.4. The summed E-state index contributed by atoms with van der Waals surface area (Å²) in [4.78, 5) is 38.6. The van der Waals surface area contributed by atoms with Crippen LogP contribution in [-0.2, 0) is 6.42 Å². The molecule has 0 bridgehead atoms. The molecule has 3 aromatic rings. The number of rotatable bonds is 6. The normalized spacial score (nSPS) is 20.6. The lowest BCUT2D eigenvalue weighted by atomic mass is 10.0. The SMILES string of the molecule is CCc1cnc(N2CC[C@@H](N(C(=O)c3cnc(-n4ccnc4C)cn3)C3CC3)[C@@H](F)C2)nc1. The van der Waals surface area contributed by atoms with Crippen LogP contribution in [0.25, 0.3) is 5.82 Å². The van der Waals surface area contributed by atoms with Crippen molar-refractivity contribution in [3.8, 4) is 5.82 Å². The first-order chi connectivity index (χ1) is 16.0. The van der Waals surface area contributed by atoms with E-state index < -0.39 is 12.2 Å². The van der Waals surface area contributed by atoms with Gasteiger partial charge in [-0.25, -0.2) is 29.3 Å². The minimum absolute atomic E-state index is 0.0600. The fourth-order valence-electron chi connectivity index (χ4n) is 4.33. The molecule has 1 aliphatic carbocycles. The van der Waals surface area contributed by atoms with E-state index in [-0.39, 0.29) is 24.2 Å². The van der Waals surface area contributed by atoms with Crippen molar-refractivity contribution in [3.05, 3.63) is 54.3 Å². The lowest BCUT2D eigenvalue weighted by molar-refractivity contribution is 0.0480. The zero-order chi connectivity index (χ0) is 22.9. The molecule has 1 saturated heterocycles. The first kappa shape index (κ1) is 21.4. The predicted octanol–water partition coefficient (Wildman–Crippen LogP) is 2.54. The Morgan fingerprint density at radius 1 is 1.09 bits per heavy atom. The molecule has 0 aromatic carbocycles. The molecule has 3 aromatic heterocycles. The summed E-state index contributed by atoms with van der Waals surface area (Å²) in [5.41, 5.74) is 1.28. The second-order valence-corrected chi connectivity index (χ2v) is 8.61. The number of aromatic nitrogens is 6. The Kier molecular flexibility index (Phi) is 5.74. The van der Waals surface area contributed by atoms with Gasteiger partial charge in [0.2, 0.25) is 5.95 Å². The zero-order valence-electron chi connectivity index (χ0n) is 18.8. The lowest BCUT2D eigenvalue weighted by Crippen LogP contribution is -2.55. The van der Waals surface area contributed by atoms with Crippen molar-refractivity contribution in [3.63, 3.8) is 0 Å². The Bertz CT molecular complexity index is 1110. The van der Waals surface area contributed by atoms with E-state index in [1.165, 1.54) is 6.20 Å². The van der Waals surface area contributed by atoms with E-state index in [2.05, 4.69) is 24.9 Å². The quantitative estimate of drug-likeness (QED) is 0.570. The smallest absolute Gasteiger partial charge is 0.274 e. The third-order valence-electron chi connectivity index (χ3n) is 6.35. The van der Waals surface area contributed by atoms with E-state index in [0.29, 0.717) is 24.7 Å². The van der Waals surface area contributed by atoms with Crippen LogP contribution in [0.5, 0.6) is 0 Å². The van der Waals surface area contributed by atoms with E-state index >= 15 is 4.39 Å². The number of aryl methyl sites for hydroxylation is 2. The second kappa shape index (κ2) is 8.84. The maximum absolute atomic E-state index is 15.4. The van der Waals surface area contributed by atoms with Crippen LogP contribution in [0.2, 0.25) is 0 Å². The van der Waals surface area contributed by atoms with Gasteiger partial charge in [-0.05, 0) is 38.2 Å². The largest absolute Gasteiger partial charge is 0.338 e. The molecule has 1 aliphatic heterocycles. The molecule has 0 spiro atoms. The van der Waals surface area contributed by atoms with Gasteiger partial charge in [0.1, 0.15) is 17.7 Å². The van der Waals surface area contributed by atoms with E-state index in [1.54, 1.807) is 40.5 Å². The highest BCUT2D eigenvalue weighted by molar-refractivity contribution is 5.92. The van der Waals surface area contributed by atoms with Gasteiger partial charge in [-0.1, -0.05) is 6.92 Å². The molecule has 0 radical (unpaired) electrons. The van der Waals surface area contributed by atoms with Crippen molar-refractivity contribution >= 4 is 11.9 Å². The van der Waals surface area contributed by atoms with Crippen LogP contribution in [0.3, 0.4) is 0 Å². The molecule has 33 heavy (non-hydrogen) atoms. The molecule has 2 fully saturated rings. The highest BCUT2D eigenvalue weighted by atomic mass is 19.1. The fourth-order valence-corrected chi connectivity index (χ4v) is 4.33. The number of carbonyl (C=O) groups is 1. The predicted molar refractivity (Wildman–Crippen MR) is 120 cm³/mol. The molecule has 0 unspecified atom stereocenters. The van der Waals surface area contributed by atoms with Crippen molar-refractivity contribution < 1.29 is 9.18 Å². The fraction of sp³-hybridized carbons (Fsp3) is 0.478. The molecule has 10 heteroatoms. The van der Waals surface area contributed by atoms with E-state index in [9.17, 15) is 4.79 Å². The van der Waals surface area contributed by atoms with Crippen LogP contribution in [-0.4, -0.2) is 71.6 Å². The number of piperidine rings is 1. The third-order valence-corrected chi connectivity index (χ3v) is 6.35. The summed E-state index contributed by atoms with van der Waals surface area (Å²) in [6.07, 6.45) is 12.0. The third kappa shape index (κ3) is 4.29. The molecule has 1 amide bonds. The number of carbonyl (C=O) groups excluding carboxylic acids is 1. The molecule has 1 saturated carbocycles. The van der Waals surface area contributed by atoms with Gasteiger partial charge in [0.25, 0.3) is 5.91 Å². The van der Waals surface area contributed by atoms with E-state index in [1.807, 2.05) is 18.7 Å². The number of halogens is 1. The number of alkyl halides is 1. The van der Waals surface area contributed by atoms with Crippen LogP contribution in [0.15, 0.2) is 37.2 Å². The van der Waals surface area contributed by atoms with E-state index in [4.69, 9.17) is 0 Å². The number of imidazole rings is 1. The Morgan fingerprint density at radius 3 is 2.45 bits per heavy atom. The van der Waals surface area contributed by atoms with Gasteiger partial charge < -0.3 is 9.80 Å². The monoisotopic (exact) mass is 450 g/mol. The zero-order valence-corrected chi connectivity index (χ0v) is 18.8. The van der Waals surface area contributed by atoms with Crippen LogP contribution < -0.4 is 4.90 Å². The molecule has 2 aliphatic rings. The summed E-state index contributed by atoms with van der Waals surface area (Å²) in [5, 5.41) is 0. The van der Waals surface area contributed by atoms with Gasteiger partial charge in [0, 0.05) is 37.4 Å². The Labute approximate surface area is 191 Å². The Morgan fingerprint density at radius 2 is 1.88 bits per heavy atom. The van der Waals surface area contributed by atoms with Crippen molar-refractivity contribution in [1.29, 1.82) is 0 Å². The van der Waals surface area contributed by atoms with Crippen LogP contribution >= 0.6 is 0 Å². The molecule has 172 valence electrons. The molecule has 0 N–H and O–H groups in total. The number of nitrogens with zero attached hydrogens (tertiary/aromatic N) is 8. The molecular formula is C23H27FN8O. The molecular weight excluding hydrogens is 423 g/mol. The maximum atomic E-state index is 15.4.